The molecule has 4 bridgehead atoms. The van der Waals surface area contributed by atoms with Crippen LogP contribution in [0.4, 0.5) is 86.8 Å². The Hall–Kier alpha value is -10.0. The maximum Gasteiger partial charge on any atom is 0.481 e. The Morgan fingerprint density at radius 2 is 0.792 bits per heavy atom. The summed E-state index contributed by atoms with van der Waals surface area (Å²) in [6.07, 6.45) is 10.1. The molecule has 6 aromatic carbocycles. The molecule has 13 fully saturated rings. The number of amides is 1. The maximum absolute atomic E-state index is 14.2. The van der Waals surface area contributed by atoms with Crippen LogP contribution in [0.3, 0.4) is 0 Å². The minimum Gasteiger partial charge on any atom is -0.481 e. The van der Waals surface area contributed by atoms with Gasteiger partial charge in [-0.1, -0.05) is 87.2 Å². The number of hydrogen-bond donors (Lipinski definition) is 5. The first-order chi connectivity index (χ1) is 67.8. The molecule has 7 aliphatic heterocycles. The largest absolute Gasteiger partial charge is 0.481 e. The third-order valence-corrected chi connectivity index (χ3v) is 30.6. The summed E-state index contributed by atoms with van der Waals surface area (Å²) in [6.45, 7) is 25.1. The van der Waals surface area contributed by atoms with E-state index in [1.807, 2.05) is 0 Å². The smallest absolute Gasteiger partial charge is 0.481 e. The Kier molecular flexibility index (Phi) is 40.7. The van der Waals surface area contributed by atoms with Crippen LogP contribution in [0.2, 0.25) is 0 Å². The molecule has 26 nitrogen and oxygen atoms in total. The van der Waals surface area contributed by atoms with Crippen LogP contribution < -0.4 is 41.3 Å². The number of nitrogen functional groups attached to an aromatic ring is 1. The molecule has 788 valence electrons. The fourth-order valence-electron chi connectivity index (χ4n) is 20.6. The molecule has 0 aromatic heterocycles. The Bertz CT molecular complexity index is 5520. The average molecular weight is 2160 g/mol. The van der Waals surface area contributed by atoms with E-state index in [1.165, 1.54) is 87.6 Å². The van der Waals surface area contributed by atoms with Crippen LogP contribution in [-0.4, -0.2) is 207 Å². The van der Waals surface area contributed by atoms with Crippen LogP contribution in [-0.2, 0) is 76.0 Å². The highest BCUT2D eigenvalue weighted by Gasteiger charge is 2.70. The van der Waals surface area contributed by atoms with Crippen molar-refractivity contribution in [3.63, 3.8) is 0 Å². The molecule has 16 atom stereocenters. The molecule has 7 N–H and O–H groups in total. The van der Waals surface area contributed by atoms with Crippen LogP contribution in [0.15, 0.2) is 109 Å². The van der Waals surface area contributed by atoms with Gasteiger partial charge in [0.05, 0.1) is 116 Å². The normalized spacial score (nSPS) is 24.7. The lowest BCUT2D eigenvalue weighted by atomic mass is 9.43. The van der Waals surface area contributed by atoms with Crippen molar-refractivity contribution in [2.75, 3.05) is 89.6 Å². The van der Waals surface area contributed by atoms with Crippen LogP contribution in [0, 0.1) is 116 Å². The number of halogens is 14. The van der Waals surface area contributed by atoms with Gasteiger partial charge in [-0.2, -0.15) is 0 Å². The van der Waals surface area contributed by atoms with Gasteiger partial charge < -0.3 is 84.3 Å². The Morgan fingerprint density at radius 3 is 1.10 bits per heavy atom. The first kappa shape index (κ1) is 116. The molecular weight excluding hydrogens is 2030 g/mol. The molecule has 0 spiro atoms. The summed E-state index contributed by atoms with van der Waals surface area (Å²) in [7, 11) is 3.23. The number of hydrogen-bond acceptors (Lipinski definition) is 23. The van der Waals surface area contributed by atoms with Gasteiger partial charge >= 0.3 is 44.1 Å². The molecule has 7 saturated heterocycles. The summed E-state index contributed by atoms with van der Waals surface area (Å²) in [4.78, 5) is 111. The van der Waals surface area contributed by atoms with Crippen molar-refractivity contribution in [1.29, 1.82) is 0 Å². The average Bonchev–Trinajstić information content (AvgIpc) is 1.31. The number of nitrogens with one attached hydrogen (secondary N) is 1. The monoisotopic (exact) mass is 2160 g/mol. The van der Waals surface area contributed by atoms with E-state index < -0.39 is 131 Å². The first-order valence-electron chi connectivity index (χ1n) is 48.3. The topological polar surface area (TPSA) is 339 Å². The minimum atomic E-state index is -1.04. The Balaban J connectivity index is 0.000000176. The van der Waals surface area contributed by atoms with E-state index in [4.69, 9.17) is 40.3 Å². The highest BCUT2D eigenvalue weighted by atomic mass is 79.9. The molecule has 13 aliphatic rings. The zero-order valence-corrected chi connectivity index (χ0v) is 86.0. The van der Waals surface area contributed by atoms with Gasteiger partial charge in [-0.3, -0.25) is 33.6 Å². The van der Waals surface area contributed by atoms with Gasteiger partial charge in [0.1, 0.15) is 86.7 Å². The number of benzene rings is 6. The van der Waals surface area contributed by atoms with Crippen molar-refractivity contribution in [1.82, 2.24) is 5.32 Å². The van der Waals surface area contributed by atoms with E-state index in [1.54, 1.807) is 19.6 Å². The summed E-state index contributed by atoms with van der Waals surface area (Å²) in [6, 6.07) is 16.8. The predicted octanol–water partition coefficient (Wildman–Crippen LogP) is 18.0. The van der Waals surface area contributed by atoms with E-state index in [0.29, 0.717) is 106 Å². The molecule has 7 heterocycles. The van der Waals surface area contributed by atoms with Crippen molar-refractivity contribution >= 4 is 133 Å². The molecule has 6 aliphatic carbocycles. The van der Waals surface area contributed by atoms with E-state index in [0.717, 1.165) is 97.6 Å². The second-order valence-electron chi connectivity index (χ2n) is 40.1. The zero-order valence-electron chi connectivity index (χ0n) is 82.9. The summed E-state index contributed by atoms with van der Waals surface area (Å²) >= 11 is 6.37. The lowest BCUT2D eigenvalue weighted by Crippen LogP contribution is -2.65. The van der Waals surface area contributed by atoms with Gasteiger partial charge in [0.25, 0.3) is 0 Å². The lowest BCUT2D eigenvalue weighted by molar-refractivity contribution is -0.199. The first-order valence-corrected chi connectivity index (χ1v) is 50.3. The van der Waals surface area contributed by atoms with E-state index in [-0.39, 0.29) is 155 Å². The SMILES string of the molecule is CC(C)C[C@H](N)B1OC2C[C@@H]3C[C@@H](C3(C)C)[C@]2(C)O1.CC(C)C[C@H](NC(=O)CCC(=O)C1CCN1c1ccc(F)cc1F)B1OC2C[C@@H]3C[C@@H](C3(C)C)[C@]2(C)O1.COC(=O)C(Br)CCBr.COC(=O)C1CCN1c1ccc(F)cc1F.COC(=O)CCC(=O)C1CCN1c1ccc(F)cc1F.Nc1ccc(F)cc1F.O=C(O)C1CCN1c1ccc(F)cc1F.O=C(O)CCC(=O)C1CCN1c1ccc(F)cc1F. The number of nitrogens with zero attached hydrogens (tertiary/aromatic N) is 5. The number of alkyl halides is 2. The summed E-state index contributed by atoms with van der Waals surface area (Å²) in [5.41, 5.74) is 12.5. The summed E-state index contributed by atoms with van der Waals surface area (Å²) < 4.78 is 196. The Labute approximate surface area is 848 Å². The number of carbonyl (C=O) groups excluding carboxylic acids is 7. The number of anilines is 6. The number of Topliss-reactive ketones (excluding diaryl/α,β-unsaturated/α-hetero) is 3. The zero-order chi connectivity index (χ0) is 106. The molecule has 8 unspecified atom stereocenters. The number of ketones is 3. The van der Waals surface area contributed by atoms with Crippen molar-refractivity contribution in [2.24, 2.45) is 52.1 Å². The summed E-state index contributed by atoms with van der Waals surface area (Å²) in [5.74, 6) is -8.66. The van der Waals surface area contributed by atoms with Gasteiger partial charge in [-0.15, -0.1) is 0 Å². The van der Waals surface area contributed by atoms with Gasteiger partial charge in [0.2, 0.25) is 5.91 Å². The van der Waals surface area contributed by atoms with Gasteiger partial charge in [-0.05, 0) is 210 Å². The highest BCUT2D eigenvalue weighted by molar-refractivity contribution is 9.10. The van der Waals surface area contributed by atoms with Crippen LogP contribution in [0.5, 0.6) is 0 Å². The molecule has 0 radical (unpaired) electrons. The second-order valence-corrected chi connectivity index (χ2v) is 42.0. The van der Waals surface area contributed by atoms with E-state index in [2.05, 4.69) is 121 Å². The number of nitrogens with two attached hydrogens (primary N) is 2. The number of carboxylic acids is 2. The molecule has 1 amide bonds. The third kappa shape index (κ3) is 28.3. The number of methoxy groups -OCH3 is 3. The van der Waals surface area contributed by atoms with Crippen molar-refractivity contribution in [3.05, 3.63) is 179 Å². The number of carboxylic acid groups (broad SMARTS) is 2. The third-order valence-electron chi connectivity index (χ3n) is 29.3. The van der Waals surface area contributed by atoms with Crippen molar-refractivity contribution in [2.45, 2.75) is 255 Å². The quantitative estimate of drug-likeness (QED) is 0.00727. The number of carbonyl (C=O) groups is 9. The fourth-order valence-corrected chi connectivity index (χ4v) is 22.1. The van der Waals surface area contributed by atoms with Crippen molar-refractivity contribution in [3.8, 4) is 0 Å². The fraction of sp³-hybridized carbons (Fsp3) is 0.559. The number of rotatable bonds is 29. The van der Waals surface area contributed by atoms with Gasteiger partial charge in [0, 0.05) is 106 Å². The highest BCUT2D eigenvalue weighted by Crippen LogP contribution is 2.67. The van der Waals surface area contributed by atoms with E-state index in [9.17, 15) is 95.8 Å². The standard InChI is InChI=1S/C28H39BF2N2O4.C15H28BNO2.C14H15F2NO3.C13H13F2NO3.C11H11F2NO2.C10H9F2NO2.C6H5F2N.C5H8Br2O2/c1-16(2)12-25(29-36-24-14-17-13-23(27(17,3)4)28(24,5)37-29)32-26(35)9-8-22(34)21-10-11-33(21)20-7-6-18(30)15-19(20)31;1-9(2)6-13(17)16-18-12-8-10-7-11(14(10,3)4)15(12,5)19-16;1-20-14(19)5-4-13(18)12-6-7-17(12)11-3-2-9(15)8-10(11)16;14-8-1-2-10(9(15)7-8)16-6-5-11(16)12(17)3-4-13(18)19;1-16-11(15)10-4-5-14(10)9-3-2-7(12)6-8(9)13;11-6-1-2-8(7(12)5-6)13-4-3-9(13)10(14)15;7-4-1-2-6(9)5(8)3-4;1-9-5(8)4(7)2-3-6/h6-7,15-17,21,23-25H,8-14H2,1-5H3,(H,32,35);9-13H,6-8,17H2,1-5H3;2-3,8,12H,4-7H2,1H3;1-2,7,11H,3-6H2,(H,18,19);2-3,6,10H,4-5H2,1H3;1-2,5,9H,3-4H2,(H,14,15);1-3H,9H2;4H,2-3H2,1H3/t17-,21?,23-,24?,25-,28-;10-,11-,12?,13-,15-;;;;;;/m00....../s1. The lowest BCUT2D eigenvalue weighted by Gasteiger charge is -2.64. The molecule has 6 saturated carbocycles. The number of aliphatic carboxylic acids is 2. The molecule has 6 aromatic rings. The number of esters is 3. The number of ether oxygens (including phenoxy) is 3. The van der Waals surface area contributed by atoms with Crippen LogP contribution in [0.1, 0.15) is 185 Å². The molecule has 42 heteroatoms. The molecular formula is C102H128B2Br2F12N8O18. The summed E-state index contributed by atoms with van der Waals surface area (Å²) in [5, 5.41) is 21.2. The minimum absolute atomic E-state index is 0.00253. The maximum atomic E-state index is 14.2. The van der Waals surface area contributed by atoms with Gasteiger partial charge in [-0.25, -0.2) is 62.3 Å². The van der Waals surface area contributed by atoms with Crippen molar-refractivity contribution < 1.29 is 139 Å². The molecule has 144 heavy (non-hydrogen) atoms. The van der Waals surface area contributed by atoms with Crippen LogP contribution >= 0.6 is 31.9 Å². The Morgan fingerprint density at radius 1 is 0.451 bits per heavy atom. The second kappa shape index (κ2) is 50.6. The van der Waals surface area contributed by atoms with Gasteiger partial charge in [0.15, 0.2) is 17.3 Å². The van der Waals surface area contributed by atoms with Crippen LogP contribution in [0.25, 0.3) is 0 Å². The van der Waals surface area contributed by atoms with E-state index >= 15 is 0 Å². The predicted molar refractivity (Wildman–Crippen MR) is 526 cm³/mol. The molecule has 19 rings (SSSR count).